The summed E-state index contributed by atoms with van der Waals surface area (Å²) in [6.45, 7) is 4.59. The lowest BCUT2D eigenvalue weighted by molar-refractivity contribution is -0.116. The lowest BCUT2D eigenvalue weighted by Crippen LogP contribution is -2.45. The average molecular weight is 438 g/mol. The van der Waals surface area contributed by atoms with Gasteiger partial charge < -0.3 is 15.0 Å². The third kappa shape index (κ3) is 5.41. The highest BCUT2D eigenvalue weighted by molar-refractivity contribution is 7.92. The van der Waals surface area contributed by atoms with E-state index in [-0.39, 0.29) is 0 Å². The number of carbonyl (C=O) groups is 1. The number of nitrogens with zero attached hydrogens (tertiary/aromatic N) is 2. The second-order valence-electron chi connectivity index (χ2n) is 6.85. The van der Waals surface area contributed by atoms with Gasteiger partial charge >= 0.3 is 0 Å². The monoisotopic (exact) mass is 437 g/mol. The maximum atomic E-state index is 12.8. The Morgan fingerprint density at radius 2 is 1.69 bits per heavy atom. The number of halogens is 1. The molecule has 2 aromatic carbocycles. The molecule has 1 fully saturated rings. The van der Waals surface area contributed by atoms with Gasteiger partial charge in [0.05, 0.1) is 25.2 Å². The van der Waals surface area contributed by atoms with E-state index >= 15 is 0 Å². The summed E-state index contributed by atoms with van der Waals surface area (Å²) in [5, 5.41) is 3.28. The molecule has 1 unspecified atom stereocenters. The van der Waals surface area contributed by atoms with Crippen LogP contribution in [0.2, 0.25) is 5.02 Å². The molecule has 0 spiro atoms. The molecule has 3 rings (SSSR count). The first kappa shape index (κ1) is 21.4. The van der Waals surface area contributed by atoms with Crippen LogP contribution in [0.25, 0.3) is 0 Å². The minimum Gasteiger partial charge on any atom is -0.378 e. The largest absolute Gasteiger partial charge is 0.378 e. The number of morpholine rings is 1. The van der Waals surface area contributed by atoms with Crippen LogP contribution in [0.15, 0.2) is 48.5 Å². The lowest BCUT2D eigenvalue weighted by atomic mass is 10.2. The Kier molecular flexibility index (Phi) is 6.66. The fourth-order valence-electron chi connectivity index (χ4n) is 3.22. The van der Waals surface area contributed by atoms with Crippen molar-refractivity contribution in [3.05, 3.63) is 53.6 Å². The molecular formula is C20H24ClN3O4S. The van der Waals surface area contributed by atoms with E-state index in [1.54, 1.807) is 31.2 Å². The number of nitrogens with one attached hydrogen (secondary N) is 1. The Balaban J connectivity index is 1.73. The van der Waals surface area contributed by atoms with Crippen molar-refractivity contribution in [3.8, 4) is 0 Å². The number of amides is 1. The number of sulfonamides is 1. The predicted molar refractivity (Wildman–Crippen MR) is 116 cm³/mol. The van der Waals surface area contributed by atoms with Crippen LogP contribution >= 0.6 is 11.6 Å². The molecule has 1 aliphatic heterocycles. The summed E-state index contributed by atoms with van der Waals surface area (Å²) in [6, 6.07) is 12.9. The fourth-order valence-corrected chi connectivity index (χ4v) is 4.52. The normalized spacial score (nSPS) is 15.6. The number of rotatable bonds is 6. The number of benzene rings is 2. The van der Waals surface area contributed by atoms with E-state index in [0.29, 0.717) is 29.6 Å². The Hall–Kier alpha value is -2.29. The van der Waals surface area contributed by atoms with Crippen LogP contribution in [0.1, 0.15) is 6.92 Å². The van der Waals surface area contributed by atoms with Crippen molar-refractivity contribution in [2.45, 2.75) is 13.0 Å². The van der Waals surface area contributed by atoms with Gasteiger partial charge in [0.1, 0.15) is 6.04 Å². The quantitative estimate of drug-likeness (QED) is 0.751. The summed E-state index contributed by atoms with van der Waals surface area (Å²) in [7, 11) is -3.68. The van der Waals surface area contributed by atoms with Gasteiger partial charge in [-0.15, -0.1) is 0 Å². The van der Waals surface area contributed by atoms with E-state index in [2.05, 4.69) is 10.2 Å². The SMILES string of the molecule is CC(C(=O)Nc1ccc(N2CCOCC2)cc1)N(c1ccc(Cl)cc1)S(C)(=O)=O. The zero-order chi connectivity index (χ0) is 21.0. The van der Waals surface area contributed by atoms with Gasteiger partial charge in [0.15, 0.2) is 0 Å². The Morgan fingerprint density at radius 3 is 2.24 bits per heavy atom. The van der Waals surface area contributed by atoms with Gasteiger partial charge in [0.25, 0.3) is 0 Å². The number of anilines is 3. The Labute approximate surface area is 176 Å². The highest BCUT2D eigenvalue weighted by Gasteiger charge is 2.29. The van der Waals surface area contributed by atoms with Gasteiger partial charge in [-0.3, -0.25) is 9.10 Å². The van der Waals surface area contributed by atoms with Crippen LogP contribution in [0.3, 0.4) is 0 Å². The highest BCUT2D eigenvalue weighted by Crippen LogP contribution is 2.24. The fraction of sp³-hybridized carbons (Fsp3) is 0.350. The second-order valence-corrected chi connectivity index (χ2v) is 9.14. The van der Waals surface area contributed by atoms with Crippen LogP contribution in [-0.2, 0) is 19.6 Å². The van der Waals surface area contributed by atoms with Crippen molar-refractivity contribution in [2.24, 2.45) is 0 Å². The van der Waals surface area contributed by atoms with Gasteiger partial charge in [-0.25, -0.2) is 8.42 Å². The molecule has 1 aliphatic rings. The average Bonchev–Trinajstić information content (AvgIpc) is 2.70. The van der Waals surface area contributed by atoms with Crippen LogP contribution in [-0.4, -0.2) is 52.9 Å². The van der Waals surface area contributed by atoms with Crippen molar-refractivity contribution < 1.29 is 17.9 Å². The molecule has 2 aromatic rings. The summed E-state index contributed by atoms with van der Waals surface area (Å²) >= 11 is 5.89. The maximum absolute atomic E-state index is 12.8. The molecule has 156 valence electrons. The molecular weight excluding hydrogens is 414 g/mol. The van der Waals surface area contributed by atoms with E-state index < -0.39 is 22.0 Å². The first-order valence-electron chi connectivity index (χ1n) is 9.24. The van der Waals surface area contributed by atoms with Crippen LogP contribution in [0.5, 0.6) is 0 Å². The Morgan fingerprint density at radius 1 is 1.10 bits per heavy atom. The number of ether oxygens (including phenoxy) is 1. The van der Waals surface area contributed by atoms with Crippen molar-refractivity contribution >= 4 is 44.6 Å². The molecule has 7 nitrogen and oxygen atoms in total. The molecule has 9 heteroatoms. The summed E-state index contributed by atoms with van der Waals surface area (Å²) in [4.78, 5) is 15.0. The molecule has 0 aromatic heterocycles. The number of hydrogen-bond donors (Lipinski definition) is 1. The zero-order valence-electron chi connectivity index (χ0n) is 16.3. The topological polar surface area (TPSA) is 79.0 Å². The molecule has 1 N–H and O–H groups in total. The van der Waals surface area contributed by atoms with Crippen molar-refractivity contribution in [1.82, 2.24) is 0 Å². The van der Waals surface area contributed by atoms with Gasteiger partial charge in [0, 0.05) is 29.5 Å². The predicted octanol–water partition coefficient (Wildman–Crippen LogP) is 2.97. The molecule has 0 saturated carbocycles. The molecule has 1 heterocycles. The molecule has 0 bridgehead atoms. The summed E-state index contributed by atoms with van der Waals surface area (Å²) in [5.41, 5.74) is 2.03. The van der Waals surface area contributed by atoms with E-state index in [1.807, 2.05) is 24.3 Å². The van der Waals surface area contributed by atoms with E-state index in [9.17, 15) is 13.2 Å². The molecule has 29 heavy (non-hydrogen) atoms. The van der Waals surface area contributed by atoms with Gasteiger partial charge in [-0.05, 0) is 55.5 Å². The standard InChI is InChI=1S/C20H24ClN3O4S/c1-15(24(29(2,26)27)19-7-3-16(21)4-8-19)20(25)22-17-5-9-18(10-6-17)23-11-13-28-14-12-23/h3-10,15H,11-14H2,1-2H3,(H,22,25). The van der Waals surface area contributed by atoms with Crippen molar-refractivity contribution in [3.63, 3.8) is 0 Å². The van der Waals surface area contributed by atoms with Gasteiger partial charge in [0.2, 0.25) is 15.9 Å². The highest BCUT2D eigenvalue weighted by atomic mass is 35.5. The van der Waals surface area contributed by atoms with Crippen LogP contribution in [0, 0.1) is 0 Å². The third-order valence-corrected chi connectivity index (χ3v) is 6.17. The number of hydrogen-bond acceptors (Lipinski definition) is 5. The van der Waals surface area contributed by atoms with E-state index in [0.717, 1.165) is 29.3 Å². The Bertz CT molecular complexity index is 943. The summed E-state index contributed by atoms with van der Waals surface area (Å²) < 4.78 is 31.1. The van der Waals surface area contributed by atoms with E-state index in [4.69, 9.17) is 16.3 Å². The molecule has 1 amide bonds. The summed E-state index contributed by atoms with van der Waals surface area (Å²) in [6.07, 6.45) is 1.07. The maximum Gasteiger partial charge on any atom is 0.247 e. The molecule has 1 atom stereocenters. The minimum absolute atomic E-state index is 0.377. The van der Waals surface area contributed by atoms with Gasteiger partial charge in [-0.2, -0.15) is 0 Å². The summed E-state index contributed by atoms with van der Waals surface area (Å²) in [5.74, 6) is -0.426. The van der Waals surface area contributed by atoms with E-state index in [1.165, 1.54) is 0 Å². The first-order chi connectivity index (χ1) is 13.8. The first-order valence-corrected chi connectivity index (χ1v) is 11.5. The molecule has 0 radical (unpaired) electrons. The van der Waals surface area contributed by atoms with Crippen molar-refractivity contribution in [2.75, 3.05) is 47.1 Å². The third-order valence-electron chi connectivity index (χ3n) is 4.68. The minimum atomic E-state index is -3.68. The van der Waals surface area contributed by atoms with Crippen LogP contribution in [0.4, 0.5) is 17.1 Å². The lowest BCUT2D eigenvalue weighted by Gasteiger charge is -2.29. The number of carbonyl (C=O) groups excluding carboxylic acids is 1. The molecule has 1 saturated heterocycles. The van der Waals surface area contributed by atoms with Crippen molar-refractivity contribution in [1.29, 1.82) is 0 Å². The smallest absolute Gasteiger partial charge is 0.247 e. The molecule has 0 aliphatic carbocycles. The van der Waals surface area contributed by atoms with Crippen LogP contribution < -0.4 is 14.5 Å². The van der Waals surface area contributed by atoms with Gasteiger partial charge in [-0.1, -0.05) is 11.6 Å². The second kappa shape index (κ2) is 9.02. The zero-order valence-corrected chi connectivity index (χ0v) is 17.9.